The first-order valence-electron chi connectivity index (χ1n) is 6.56. The fraction of sp³-hybridized carbons (Fsp3) is 0.125. The van der Waals surface area contributed by atoms with Crippen LogP contribution in [-0.4, -0.2) is 9.97 Å². The molecule has 2 aromatic carbocycles. The molecule has 0 unspecified atom stereocenters. The minimum Gasteiger partial charge on any atom is -0.310 e. The lowest BCUT2D eigenvalue weighted by Gasteiger charge is -2.05. The largest absolute Gasteiger partial charge is 0.310 e. The van der Waals surface area contributed by atoms with E-state index in [-0.39, 0.29) is 5.39 Å². The van der Waals surface area contributed by atoms with Crippen molar-refractivity contribution in [3.05, 3.63) is 74.5 Å². The van der Waals surface area contributed by atoms with E-state index in [1.54, 1.807) is 12.1 Å². The molecular formula is C16H12BrFN2O. The standard InChI is InChI=1S/C16H12BrFN2O/c17-11-5-2-1-4-10(11)8-9-14-19-13-7-3-6-12(18)15(13)16(21)20-14/h1-7H,8-9H2,(H,19,20,21). The maximum atomic E-state index is 13.6. The molecule has 0 fully saturated rings. The average Bonchev–Trinajstić information content (AvgIpc) is 2.46. The summed E-state index contributed by atoms with van der Waals surface area (Å²) in [4.78, 5) is 18.9. The molecule has 0 aliphatic rings. The molecule has 3 rings (SSSR count). The molecule has 0 saturated carbocycles. The molecule has 0 saturated heterocycles. The summed E-state index contributed by atoms with van der Waals surface area (Å²) in [7, 11) is 0. The Morgan fingerprint density at radius 3 is 2.71 bits per heavy atom. The lowest BCUT2D eigenvalue weighted by atomic mass is 10.1. The number of nitrogens with zero attached hydrogens (tertiary/aromatic N) is 1. The number of aromatic amines is 1. The number of hydrogen-bond donors (Lipinski definition) is 1. The van der Waals surface area contributed by atoms with Gasteiger partial charge in [0.05, 0.1) is 5.52 Å². The average molecular weight is 347 g/mol. The first-order valence-corrected chi connectivity index (χ1v) is 7.35. The van der Waals surface area contributed by atoms with Crippen LogP contribution in [0.15, 0.2) is 51.7 Å². The quantitative estimate of drug-likeness (QED) is 0.787. The van der Waals surface area contributed by atoms with Crippen molar-refractivity contribution < 1.29 is 4.39 Å². The summed E-state index contributed by atoms with van der Waals surface area (Å²) < 4.78 is 14.6. The fourth-order valence-electron chi connectivity index (χ4n) is 2.27. The highest BCUT2D eigenvalue weighted by atomic mass is 79.9. The van der Waals surface area contributed by atoms with Crippen LogP contribution in [0.5, 0.6) is 0 Å². The van der Waals surface area contributed by atoms with Crippen LogP contribution < -0.4 is 5.56 Å². The molecule has 5 heteroatoms. The van der Waals surface area contributed by atoms with Crippen molar-refractivity contribution in [1.29, 1.82) is 0 Å². The first-order chi connectivity index (χ1) is 10.1. The minimum atomic E-state index is -0.543. The number of halogens is 2. The molecule has 0 atom stereocenters. The van der Waals surface area contributed by atoms with Crippen LogP contribution in [0.25, 0.3) is 10.9 Å². The van der Waals surface area contributed by atoms with Gasteiger partial charge < -0.3 is 4.98 Å². The third-order valence-corrected chi connectivity index (χ3v) is 4.09. The number of hydrogen-bond acceptors (Lipinski definition) is 2. The Labute approximate surface area is 129 Å². The van der Waals surface area contributed by atoms with Gasteiger partial charge in [-0.2, -0.15) is 0 Å². The van der Waals surface area contributed by atoms with E-state index in [1.807, 2.05) is 24.3 Å². The van der Waals surface area contributed by atoms with Crippen LogP contribution >= 0.6 is 15.9 Å². The number of H-pyrrole nitrogens is 1. The highest BCUT2D eigenvalue weighted by Crippen LogP contribution is 2.18. The number of fused-ring (bicyclic) bond motifs is 1. The predicted octanol–water partition coefficient (Wildman–Crippen LogP) is 3.61. The van der Waals surface area contributed by atoms with Gasteiger partial charge in [0.15, 0.2) is 0 Å². The highest BCUT2D eigenvalue weighted by molar-refractivity contribution is 9.10. The molecule has 3 aromatic rings. The Morgan fingerprint density at radius 2 is 1.90 bits per heavy atom. The molecule has 1 aromatic heterocycles. The van der Waals surface area contributed by atoms with Crippen molar-refractivity contribution >= 4 is 26.8 Å². The topological polar surface area (TPSA) is 45.8 Å². The van der Waals surface area contributed by atoms with Crippen molar-refractivity contribution in [2.45, 2.75) is 12.8 Å². The van der Waals surface area contributed by atoms with Gasteiger partial charge in [-0.3, -0.25) is 4.79 Å². The molecule has 1 N–H and O–H groups in total. The number of aromatic nitrogens is 2. The lowest BCUT2D eigenvalue weighted by molar-refractivity contribution is 0.637. The van der Waals surface area contributed by atoms with Gasteiger partial charge in [0.1, 0.15) is 17.0 Å². The van der Waals surface area contributed by atoms with Crippen LogP contribution in [0.3, 0.4) is 0 Å². The number of aryl methyl sites for hydroxylation is 2. The maximum Gasteiger partial charge on any atom is 0.261 e. The van der Waals surface area contributed by atoms with Crippen molar-refractivity contribution in [3.8, 4) is 0 Å². The Balaban J connectivity index is 1.92. The van der Waals surface area contributed by atoms with E-state index in [0.717, 1.165) is 16.5 Å². The zero-order valence-electron chi connectivity index (χ0n) is 11.1. The van der Waals surface area contributed by atoms with Gasteiger partial charge in [-0.15, -0.1) is 0 Å². The summed E-state index contributed by atoms with van der Waals surface area (Å²) in [6.45, 7) is 0. The van der Waals surface area contributed by atoms with Crippen molar-refractivity contribution in [3.63, 3.8) is 0 Å². The molecule has 0 spiro atoms. The summed E-state index contributed by atoms with van der Waals surface area (Å²) in [5.41, 5.74) is 1.10. The summed E-state index contributed by atoms with van der Waals surface area (Å²) >= 11 is 3.49. The molecule has 1 heterocycles. The van der Waals surface area contributed by atoms with Crippen LogP contribution in [0, 0.1) is 5.82 Å². The maximum absolute atomic E-state index is 13.6. The van der Waals surface area contributed by atoms with Crippen LogP contribution in [-0.2, 0) is 12.8 Å². The highest BCUT2D eigenvalue weighted by Gasteiger charge is 2.08. The van der Waals surface area contributed by atoms with Crippen molar-refractivity contribution in [2.24, 2.45) is 0 Å². The zero-order chi connectivity index (χ0) is 14.8. The van der Waals surface area contributed by atoms with E-state index in [1.165, 1.54) is 6.07 Å². The van der Waals surface area contributed by atoms with Crippen molar-refractivity contribution in [2.75, 3.05) is 0 Å². The Bertz CT molecular complexity index is 860. The lowest BCUT2D eigenvalue weighted by Crippen LogP contribution is -2.13. The molecule has 3 nitrogen and oxygen atoms in total. The van der Waals surface area contributed by atoms with E-state index in [0.29, 0.717) is 17.8 Å². The van der Waals surface area contributed by atoms with E-state index in [4.69, 9.17) is 0 Å². The molecule has 0 radical (unpaired) electrons. The second-order valence-electron chi connectivity index (χ2n) is 4.74. The van der Waals surface area contributed by atoms with Gasteiger partial charge >= 0.3 is 0 Å². The summed E-state index contributed by atoms with van der Waals surface area (Å²) in [6.07, 6.45) is 1.33. The predicted molar refractivity (Wildman–Crippen MR) is 83.9 cm³/mol. The normalized spacial score (nSPS) is 11.0. The van der Waals surface area contributed by atoms with Gasteiger partial charge in [0, 0.05) is 10.9 Å². The number of benzene rings is 2. The minimum absolute atomic E-state index is 0.0159. The van der Waals surface area contributed by atoms with E-state index >= 15 is 0 Å². The number of rotatable bonds is 3. The Kier molecular flexibility index (Phi) is 3.84. The van der Waals surface area contributed by atoms with Gasteiger partial charge in [0.25, 0.3) is 5.56 Å². The molecular weight excluding hydrogens is 335 g/mol. The van der Waals surface area contributed by atoms with Crippen LogP contribution in [0.1, 0.15) is 11.4 Å². The monoisotopic (exact) mass is 346 g/mol. The van der Waals surface area contributed by atoms with E-state index in [2.05, 4.69) is 25.9 Å². The van der Waals surface area contributed by atoms with Gasteiger partial charge in [0.2, 0.25) is 0 Å². The number of nitrogens with one attached hydrogen (secondary N) is 1. The van der Waals surface area contributed by atoms with Crippen LogP contribution in [0.2, 0.25) is 0 Å². The third-order valence-electron chi connectivity index (χ3n) is 3.32. The summed E-state index contributed by atoms with van der Waals surface area (Å²) in [6, 6.07) is 12.4. The SMILES string of the molecule is O=c1[nH]c(CCc2ccccc2Br)nc2cccc(F)c12. The summed E-state index contributed by atoms with van der Waals surface area (Å²) in [5.74, 6) is 0.0208. The first kappa shape index (κ1) is 13.9. The second kappa shape index (κ2) is 5.77. The Hall–Kier alpha value is -2.01. The Morgan fingerprint density at radius 1 is 1.10 bits per heavy atom. The van der Waals surface area contributed by atoms with E-state index in [9.17, 15) is 9.18 Å². The molecule has 0 aliphatic heterocycles. The zero-order valence-corrected chi connectivity index (χ0v) is 12.7. The second-order valence-corrected chi connectivity index (χ2v) is 5.59. The van der Waals surface area contributed by atoms with Gasteiger partial charge in [-0.1, -0.05) is 40.2 Å². The fourth-order valence-corrected chi connectivity index (χ4v) is 2.75. The molecule has 106 valence electrons. The summed E-state index contributed by atoms with van der Waals surface area (Å²) in [5, 5.41) is 0.0159. The van der Waals surface area contributed by atoms with Crippen LogP contribution in [0.4, 0.5) is 4.39 Å². The van der Waals surface area contributed by atoms with Gasteiger partial charge in [-0.05, 0) is 30.2 Å². The third kappa shape index (κ3) is 2.88. The van der Waals surface area contributed by atoms with E-state index < -0.39 is 11.4 Å². The molecule has 0 aliphatic carbocycles. The molecule has 0 amide bonds. The molecule has 0 bridgehead atoms. The smallest absolute Gasteiger partial charge is 0.261 e. The van der Waals surface area contributed by atoms with Gasteiger partial charge in [-0.25, -0.2) is 9.37 Å². The van der Waals surface area contributed by atoms with Crippen molar-refractivity contribution in [1.82, 2.24) is 9.97 Å². The molecule has 21 heavy (non-hydrogen) atoms.